The number of fused-ring (bicyclic) bond motifs is 1. The Labute approximate surface area is 195 Å². The molecule has 0 aliphatic heterocycles. The van der Waals surface area contributed by atoms with Crippen LogP contribution in [-0.4, -0.2) is 36.7 Å². The predicted octanol–water partition coefficient (Wildman–Crippen LogP) is 5.38. The summed E-state index contributed by atoms with van der Waals surface area (Å²) in [7, 11) is 1.90. The van der Waals surface area contributed by atoms with Crippen molar-refractivity contribution >= 4 is 39.3 Å². The Hall–Kier alpha value is -3.46. The largest absolute Gasteiger partial charge is 0.462 e. The molecule has 9 heteroatoms. The lowest BCUT2D eigenvalue weighted by Crippen LogP contribution is -2.04. The van der Waals surface area contributed by atoms with E-state index in [1.165, 1.54) is 29.8 Å². The zero-order valence-electron chi connectivity index (χ0n) is 19.0. The Morgan fingerprint density at radius 2 is 2.15 bits per heavy atom. The zero-order chi connectivity index (χ0) is 22.9. The van der Waals surface area contributed by atoms with Gasteiger partial charge in [-0.25, -0.2) is 14.8 Å². The lowest BCUT2D eigenvalue weighted by atomic mass is 9.97. The summed E-state index contributed by atoms with van der Waals surface area (Å²) in [5, 5.41) is 8.56. The molecule has 5 rings (SSSR count). The highest BCUT2D eigenvalue weighted by Crippen LogP contribution is 2.34. The second-order valence-corrected chi connectivity index (χ2v) is 9.21. The highest BCUT2D eigenvalue weighted by Gasteiger charge is 2.19. The molecule has 4 heterocycles. The molecule has 0 bridgehead atoms. The first kappa shape index (κ1) is 21.4. The van der Waals surface area contributed by atoms with Crippen LogP contribution in [0.2, 0.25) is 0 Å². The molecule has 0 saturated carbocycles. The van der Waals surface area contributed by atoms with Crippen LogP contribution in [0.15, 0.2) is 36.9 Å². The van der Waals surface area contributed by atoms with Crippen molar-refractivity contribution in [3.8, 4) is 11.3 Å². The molecular weight excluding hydrogens is 436 g/mol. The summed E-state index contributed by atoms with van der Waals surface area (Å²) in [6.07, 6.45) is 14.5. The van der Waals surface area contributed by atoms with Gasteiger partial charge in [-0.15, -0.1) is 11.3 Å². The standard InChI is InChI=1S/C24H26N6O2S/c1-4-32-24(31)21-15(2)10-20(33-21)28-22-23-25-12-19(17-11-26-29(3)13-17)30(23)14-18(27-22)16-8-6-5-7-9-16/h8,10-14H,4-7,9H2,1-3H3,(H,27,28). The van der Waals surface area contributed by atoms with Crippen LogP contribution in [0.5, 0.6) is 0 Å². The molecule has 0 unspecified atom stereocenters. The minimum absolute atomic E-state index is 0.299. The third-order valence-corrected chi connectivity index (χ3v) is 6.87. The maximum atomic E-state index is 12.3. The summed E-state index contributed by atoms with van der Waals surface area (Å²) in [5.41, 5.74) is 5.73. The van der Waals surface area contributed by atoms with Crippen LogP contribution in [0.25, 0.3) is 22.5 Å². The normalized spacial score (nSPS) is 13.8. The van der Waals surface area contributed by atoms with E-state index in [4.69, 9.17) is 9.72 Å². The lowest BCUT2D eigenvalue weighted by Gasteiger charge is -2.15. The topological polar surface area (TPSA) is 86.3 Å². The number of hydrogen-bond donors (Lipinski definition) is 1. The van der Waals surface area contributed by atoms with Crippen LogP contribution in [0, 0.1) is 6.92 Å². The molecule has 0 aromatic carbocycles. The molecule has 170 valence electrons. The monoisotopic (exact) mass is 462 g/mol. The van der Waals surface area contributed by atoms with Gasteiger partial charge in [-0.05, 0) is 56.7 Å². The average Bonchev–Trinajstić information content (AvgIpc) is 3.52. The highest BCUT2D eigenvalue weighted by molar-refractivity contribution is 7.18. The second kappa shape index (κ2) is 8.82. The molecule has 1 N–H and O–H groups in total. The average molecular weight is 463 g/mol. The molecular formula is C24H26N6O2S. The SMILES string of the molecule is CCOC(=O)c1sc(Nc2nc(C3=CCCCC3)cn3c(-c4cnn(C)c4)cnc23)cc1C. The van der Waals surface area contributed by atoms with E-state index in [1.807, 2.05) is 45.6 Å². The summed E-state index contributed by atoms with van der Waals surface area (Å²) in [5.74, 6) is 0.359. The Balaban J connectivity index is 1.60. The Morgan fingerprint density at radius 1 is 1.27 bits per heavy atom. The summed E-state index contributed by atoms with van der Waals surface area (Å²) < 4.78 is 9.05. The number of imidazole rings is 1. The van der Waals surface area contributed by atoms with E-state index >= 15 is 0 Å². The minimum Gasteiger partial charge on any atom is -0.462 e. The van der Waals surface area contributed by atoms with Crippen molar-refractivity contribution in [1.29, 1.82) is 0 Å². The fraction of sp³-hybridized carbons (Fsp3) is 0.333. The number of nitrogens with zero attached hydrogens (tertiary/aromatic N) is 5. The molecule has 1 aliphatic rings. The zero-order valence-corrected chi connectivity index (χ0v) is 19.8. The number of thiophene rings is 1. The van der Waals surface area contributed by atoms with Gasteiger partial charge in [0.25, 0.3) is 0 Å². The van der Waals surface area contributed by atoms with E-state index in [9.17, 15) is 4.79 Å². The molecule has 0 saturated heterocycles. The molecule has 8 nitrogen and oxygen atoms in total. The molecule has 1 aliphatic carbocycles. The Morgan fingerprint density at radius 3 is 2.88 bits per heavy atom. The third kappa shape index (κ3) is 4.16. The van der Waals surface area contributed by atoms with E-state index < -0.39 is 0 Å². The first-order valence-corrected chi connectivity index (χ1v) is 12.0. The van der Waals surface area contributed by atoms with E-state index in [-0.39, 0.29) is 5.97 Å². The fourth-order valence-corrected chi connectivity index (χ4v) is 5.09. The van der Waals surface area contributed by atoms with Gasteiger partial charge in [-0.1, -0.05) is 6.08 Å². The summed E-state index contributed by atoms with van der Waals surface area (Å²) in [6.45, 7) is 4.07. The van der Waals surface area contributed by atoms with Crippen molar-refractivity contribution in [1.82, 2.24) is 24.1 Å². The summed E-state index contributed by atoms with van der Waals surface area (Å²) in [4.78, 5) is 22.5. The summed E-state index contributed by atoms with van der Waals surface area (Å²) >= 11 is 1.37. The second-order valence-electron chi connectivity index (χ2n) is 8.16. The molecule has 0 atom stereocenters. The fourth-order valence-electron chi connectivity index (χ4n) is 4.12. The number of hydrogen-bond acceptors (Lipinski definition) is 7. The number of aromatic nitrogens is 5. The van der Waals surface area contributed by atoms with Gasteiger partial charge in [-0.2, -0.15) is 5.10 Å². The number of rotatable bonds is 6. The number of ether oxygens (including phenoxy) is 1. The number of aryl methyl sites for hydroxylation is 2. The van der Waals surface area contributed by atoms with Gasteiger partial charge >= 0.3 is 5.97 Å². The molecule has 0 radical (unpaired) electrons. The third-order valence-electron chi connectivity index (χ3n) is 5.73. The van der Waals surface area contributed by atoms with Crippen LogP contribution in [0.4, 0.5) is 10.8 Å². The molecule has 0 spiro atoms. The van der Waals surface area contributed by atoms with Crippen LogP contribution in [-0.2, 0) is 11.8 Å². The van der Waals surface area contributed by atoms with Gasteiger partial charge in [0.1, 0.15) is 4.88 Å². The molecule has 0 fully saturated rings. The van der Waals surface area contributed by atoms with Gasteiger partial charge in [0.05, 0.1) is 35.4 Å². The molecule has 4 aromatic heterocycles. The number of anilines is 2. The van der Waals surface area contributed by atoms with Crippen LogP contribution < -0.4 is 5.32 Å². The first-order chi connectivity index (χ1) is 16.0. The molecule has 33 heavy (non-hydrogen) atoms. The minimum atomic E-state index is -0.299. The van der Waals surface area contributed by atoms with Crippen LogP contribution in [0.3, 0.4) is 0 Å². The van der Waals surface area contributed by atoms with E-state index in [1.54, 1.807) is 4.68 Å². The van der Waals surface area contributed by atoms with Crippen molar-refractivity contribution in [2.45, 2.75) is 39.5 Å². The van der Waals surface area contributed by atoms with E-state index in [0.717, 1.165) is 46.0 Å². The first-order valence-electron chi connectivity index (χ1n) is 11.1. The van der Waals surface area contributed by atoms with Crippen LogP contribution >= 0.6 is 11.3 Å². The number of carbonyl (C=O) groups is 1. The maximum Gasteiger partial charge on any atom is 0.348 e. The number of esters is 1. The predicted molar refractivity (Wildman–Crippen MR) is 130 cm³/mol. The van der Waals surface area contributed by atoms with Crippen molar-refractivity contribution < 1.29 is 9.53 Å². The van der Waals surface area contributed by atoms with Crippen molar-refractivity contribution in [2.75, 3.05) is 11.9 Å². The number of nitrogens with one attached hydrogen (secondary N) is 1. The maximum absolute atomic E-state index is 12.3. The lowest BCUT2D eigenvalue weighted by molar-refractivity contribution is 0.0531. The van der Waals surface area contributed by atoms with Crippen molar-refractivity contribution in [3.63, 3.8) is 0 Å². The van der Waals surface area contributed by atoms with Gasteiger partial charge in [-0.3, -0.25) is 9.08 Å². The van der Waals surface area contributed by atoms with Gasteiger partial charge in [0.2, 0.25) is 0 Å². The quantitative estimate of drug-likeness (QED) is 0.387. The molecule has 0 amide bonds. The van der Waals surface area contributed by atoms with Gasteiger partial charge in [0.15, 0.2) is 11.5 Å². The van der Waals surface area contributed by atoms with E-state index in [2.05, 4.69) is 32.1 Å². The number of allylic oxidation sites excluding steroid dienone is 2. The van der Waals surface area contributed by atoms with Crippen molar-refractivity contribution in [3.05, 3.63) is 53.1 Å². The van der Waals surface area contributed by atoms with Crippen LogP contribution in [0.1, 0.15) is 53.5 Å². The van der Waals surface area contributed by atoms with Crippen molar-refractivity contribution in [2.24, 2.45) is 7.05 Å². The van der Waals surface area contributed by atoms with Gasteiger partial charge < -0.3 is 10.1 Å². The smallest absolute Gasteiger partial charge is 0.348 e. The number of carbonyl (C=O) groups excluding carboxylic acids is 1. The summed E-state index contributed by atoms with van der Waals surface area (Å²) in [6, 6.07) is 1.95. The van der Waals surface area contributed by atoms with E-state index in [0.29, 0.717) is 17.3 Å². The molecule has 4 aromatic rings. The Kier molecular flexibility index (Phi) is 5.72. The highest BCUT2D eigenvalue weighted by atomic mass is 32.1. The van der Waals surface area contributed by atoms with Gasteiger partial charge in [0, 0.05) is 25.0 Å². The Bertz CT molecular complexity index is 1360.